The summed E-state index contributed by atoms with van der Waals surface area (Å²) < 4.78 is 25.6. The van der Waals surface area contributed by atoms with Gasteiger partial charge in [-0.3, -0.25) is 14.4 Å². The van der Waals surface area contributed by atoms with Crippen LogP contribution in [0.25, 0.3) is 11.7 Å². The van der Waals surface area contributed by atoms with Crippen molar-refractivity contribution in [3.63, 3.8) is 0 Å². The Kier molecular flexibility index (Phi) is 8.81. The molecule has 0 amide bonds. The Balaban J connectivity index is 1.17. The molecule has 5 aliphatic carbocycles. The molecule has 0 spiro atoms. The van der Waals surface area contributed by atoms with Crippen LogP contribution in [0.1, 0.15) is 127 Å². The highest BCUT2D eigenvalue weighted by Crippen LogP contribution is 2.76. The number of hydrogen-bond acceptors (Lipinski definition) is 10. The van der Waals surface area contributed by atoms with Gasteiger partial charge in [0.05, 0.1) is 29.8 Å². The minimum atomic E-state index is -1.18. The first kappa shape index (κ1) is 37.6. The molecule has 11 nitrogen and oxygen atoms in total. The van der Waals surface area contributed by atoms with E-state index in [0.717, 1.165) is 69.3 Å². The van der Waals surface area contributed by atoms with E-state index in [1.165, 1.54) is 5.57 Å². The van der Waals surface area contributed by atoms with Gasteiger partial charge >= 0.3 is 18.0 Å². The smallest absolute Gasteiger partial charge is 0.316 e. The number of esters is 1. The maximum atomic E-state index is 14.0. The lowest BCUT2D eigenvalue weighted by Crippen LogP contribution is -2.66. The molecule has 0 unspecified atom stereocenters. The van der Waals surface area contributed by atoms with Crippen LogP contribution < -0.4 is 5.32 Å². The van der Waals surface area contributed by atoms with Gasteiger partial charge in [0.15, 0.2) is 11.6 Å². The Morgan fingerprint density at radius 1 is 0.981 bits per heavy atom. The first-order chi connectivity index (χ1) is 24.7. The van der Waals surface area contributed by atoms with E-state index in [2.05, 4.69) is 73.9 Å². The number of nitrogens with zero attached hydrogens (tertiary/aromatic N) is 4. The second-order valence-electron chi connectivity index (χ2n) is 19.2. The van der Waals surface area contributed by atoms with Crippen LogP contribution in [0.4, 0.5) is 10.4 Å². The van der Waals surface area contributed by atoms with Gasteiger partial charge in [-0.1, -0.05) is 53.6 Å². The lowest BCUT2D eigenvalue weighted by Gasteiger charge is -2.72. The van der Waals surface area contributed by atoms with Crippen molar-refractivity contribution in [2.75, 3.05) is 5.32 Å². The van der Waals surface area contributed by atoms with E-state index in [9.17, 15) is 23.9 Å². The number of carboxylic acid groups (broad SMARTS) is 1. The molecule has 8 atom stereocenters. The van der Waals surface area contributed by atoms with E-state index >= 15 is 0 Å². The van der Waals surface area contributed by atoms with Gasteiger partial charge in [0.2, 0.25) is 5.82 Å². The highest BCUT2D eigenvalue weighted by atomic mass is 19.1. The van der Waals surface area contributed by atoms with Crippen molar-refractivity contribution in [3.8, 4) is 11.7 Å². The molecular formula is C41H56FN5O6. The molecule has 0 saturated heterocycles. The van der Waals surface area contributed by atoms with Crippen LogP contribution in [0.15, 0.2) is 28.0 Å². The van der Waals surface area contributed by atoms with Gasteiger partial charge < -0.3 is 19.6 Å². The summed E-state index contributed by atoms with van der Waals surface area (Å²) in [5.74, 6) is -0.557. The molecule has 5 aliphatic rings. The maximum absolute atomic E-state index is 14.0. The number of carbonyl (C=O) groups is 3. The SMILES string of the molecule is CC(C)C1=C2[C@H]3CC[C@@H]4[C@@]5(C)CC[C@H](OC(=O)CC(C)(C)C(=O)O)C(C)(C)[C@@H]5CC[C@@]4(C)[C@]3(C)CC[C@@]2(Nc2nnc(-c3ncc(F)cn3)o2)CC1=O. The molecule has 0 bridgehead atoms. The normalized spacial score (nSPS) is 36.3. The largest absolute Gasteiger partial charge is 0.481 e. The van der Waals surface area contributed by atoms with Gasteiger partial charge in [-0.25, -0.2) is 14.4 Å². The summed E-state index contributed by atoms with van der Waals surface area (Å²) in [5.41, 5.74) is 0.0437. The molecule has 0 radical (unpaired) electrons. The number of fused-ring (bicyclic) bond motifs is 7. The van der Waals surface area contributed by atoms with E-state index in [-0.39, 0.29) is 69.5 Å². The highest BCUT2D eigenvalue weighted by Gasteiger charge is 2.70. The number of halogens is 1. The van der Waals surface area contributed by atoms with E-state index in [1.807, 2.05) is 0 Å². The fourth-order valence-corrected chi connectivity index (χ4v) is 12.6. The summed E-state index contributed by atoms with van der Waals surface area (Å²) in [7, 11) is 0. The molecule has 4 saturated carbocycles. The number of allylic oxidation sites excluding steroid dienone is 1. The van der Waals surface area contributed by atoms with Crippen molar-refractivity contribution in [3.05, 3.63) is 29.4 Å². The van der Waals surface area contributed by atoms with Crippen molar-refractivity contribution in [1.29, 1.82) is 0 Å². The Labute approximate surface area is 311 Å². The van der Waals surface area contributed by atoms with Crippen LogP contribution in [-0.2, 0) is 19.1 Å². The first-order valence-electron chi connectivity index (χ1n) is 19.5. The number of carboxylic acids is 1. The Bertz CT molecular complexity index is 1850. The summed E-state index contributed by atoms with van der Waals surface area (Å²) in [6.07, 6.45) is 9.51. The van der Waals surface area contributed by atoms with E-state index in [4.69, 9.17) is 9.15 Å². The summed E-state index contributed by atoms with van der Waals surface area (Å²) >= 11 is 0. The number of anilines is 1. The van der Waals surface area contributed by atoms with Gasteiger partial charge in [0, 0.05) is 11.8 Å². The minimum absolute atomic E-state index is 0.0107. The van der Waals surface area contributed by atoms with Crippen LogP contribution in [0.3, 0.4) is 0 Å². The number of ether oxygens (including phenoxy) is 1. The third-order valence-corrected chi connectivity index (χ3v) is 15.4. The fourth-order valence-electron chi connectivity index (χ4n) is 12.6. The summed E-state index contributed by atoms with van der Waals surface area (Å²) in [6, 6.07) is 0.200. The number of ketones is 1. The van der Waals surface area contributed by atoms with Crippen molar-refractivity contribution >= 4 is 23.7 Å². The predicted molar refractivity (Wildman–Crippen MR) is 195 cm³/mol. The molecule has 7 rings (SSSR count). The minimum Gasteiger partial charge on any atom is -0.481 e. The lowest BCUT2D eigenvalue weighted by molar-refractivity contribution is -0.231. The Morgan fingerprint density at radius 2 is 1.68 bits per heavy atom. The van der Waals surface area contributed by atoms with Crippen LogP contribution in [0.5, 0.6) is 0 Å². The number of aliphatic carboxylic acids is 1. The van der Waals surface area contributed by atoms with Gasteiger partial charge in [-0.2, -0.15) is 0 Å². The van der Waals surface area contributed by atoms with Crippen LogP contribution in [0, 0.1) is 56.6 Å². The second-order valence-corrected chi connectivity index (χ2v) is 19.2. The maximum Gasteiger partial charge on any atom is 0.316 e. The number of Topliss-reactive ketones (excluding diaryl/α,β-unsaturated/α-hetero) is 1. The highest BCUT2D eigenvalue weighted by molar-refractivity contribution is 6.02. The Morgan fingerprint density at radius 3 is 2.34 bits per heavy atom. The molecule has 2 N–H and O–H groups in total. The summed E-state index contributed by atoms with van der Waals surface area (Å²) in [6.45, 7) is 19.4. The van der Waals surface area contributed by atoms with E-state index < -0.39 is 28.7 Å². The molecule has 0 aliphatic heterocycles. The molecule has 12 heteroatoms. The lowest BCUT2D eigenvalue weighted by atomic mass is 9.33. The number of aromatic nitrogens is 4. The molecule has 288 valence electrons. The summed E-state index contributed by atoms with van der Waals surface area (Å²) in [4.78, 5) is 46.8. The molecule has 2 aromatic heterocycles. The van der Waals surface area contributed by atoms with E-state index in [0.29, 0.717) is 18.3 Å². The standard InChI is InChI=1S/C41H56FN5O6/c1-22(2)30-25(48)18-41(45-35-47-46-33(53-35)32-43-20-23(42)21-44-32)17-16-39(8)24(31(30)41)10-11-27-38(7)14-13-28(52-29(49)19-36(3,4)34(50)51)37(5,6)26(38)12-15-40(27,39)9/h20-22,24,26-28H,10-19H2,1-9H3,(H,45,47)(H,50,51)/t24-,26+,27-,28+,38+,39-,40-,41-/m1/s1. The summed E-state index contributed by atoms with van der Waals surface area (Å²) in [5, 5.41) is 21.6. The second kappa shape index (κ2) is 12.4. The van der Waals surface area contributed by atoms with Gasteiger partial charge in [-0.05, 0) is 116 Å². The third kappa shape index (κ3) is 5.66. The average Bonchev–Trinajstić information content (AvgIpc) is 3.64. The number of carbonyl (C=O) groups excluding carboxylic acids is 2. The first-order valence-corrected chi connectivity index (χ1v) is 19.5. The number of hydrogen-bond donors (Lipinski definition) is 2. The predicted octanol–water partition coefficient (Wildman–Crippen LogP) is 8.22. The zero-order chi connectivity index (χ0) is 38.5. The molecular weight excluding hydrogens is 677 g/mol. The molecule has 0 aromatic carbocycles. The van der Waals surface area contributed by atoms with Crippen molar-refractivity contribution in [2.24, 2.45) is 50.7 Å². The number of nitrogens with one attached hydrogen (secondary N) is 1. The third-order valence-electron chi connectivity index (χ3n) is 15.4. The van der Waals surface area contributed by atoms with Crippen LogP contribution >= 0.6 is 0 Å². The Hall–Kier alpha value is -3.70. The van der Waals surface area contributed by atoms with Crippen molar-refractivity contribution < 1.29 is 33.0 Å². The van der Waals surface area contributed by atoms with Crippen molar-refractivity contribution in [1.82, 2.24) is 20.2 Å². The van der Waals surface area contributed by atoms with Crippen LogP contribution in [-0.4, -0.2) is 54.6 Å². The van der Waals surface area contributed by atoms with Gasteiger partial charge in [-0.15, -0.1) is 5.10 Å². The fraction of sp³-hybridized carbons (Fsp3) is 0.732. The monoisotopic (exact) mass is 733 g/mol. The van der Waals surface area contributed by atoms with Gasteiger partial charge in [0.25, 0.3) is 5.89 Å². The van der Waals surface area contributed by atoms with Gasteiger partial charge in [0.1, 0.15) is 6.10 Å². The topological polar surface area (TPSA) is 157 Å². The molecule has 2 aromatic rings. The quantitative estimate of drug-likeness (QED) is 0.252. The van der Waals surface area contributed by atoms with Crippen molar-refractivity contribution in [2.45, 2.75) is 138 Å². The van der Waals surface area contributed by atoms with Crippen LogP contribution in [0.2, 0.25) is 0 Å². The number of rotatable bonds is 8. The zero-order valence-corrected chi connectivity index (χ0v) is 32.8. The molecule has 53 heavy (non-hydrogen) atoms. The molecule has 2 heterocycles. The average molecular weight is 734 g/mol. The van der Waals surface area contributed by atoms with E-state index in [1.54, 1.807) is 13.8 Å². The zero-order valence-electron chi connectivity index (χ0n) is 32.8. The molecule has 4 fully saturated rings.